The molecule has 2 amide bonds. The number of nitrogens with one attached hydrogen (secondary N) is 1. The van der Waals surface area contributed by atoms with Crippen LogP contribution in [0.3, 0.4) is 0 Å². The van der Waals surface area contributed by atoms with Gasteiger partial charge in [-0.3, -0.25) is 9.59 Å². The van der Waals surface area contributed by atoms with Crippen molar-refractivity contribution < 1.29 is 27.5 Å². The first kappa shape index (κ1) is 19.1. The summed E-state index contributed by atoms with van der Waals surface area (Å²) in [6.07, 6.45) is -3.72. The quantitative estimate of drug-likeness (QED) is 0.897. The molecule has 0 aromatic heterocycles. The molecule has 1 aromatic carbocycles. The second-order valence-electron chi connectivity index (χ2n) is 6.32. The molecule has 138 valence electrons. The Balaban J connectivity index is 1.91. The number of hydrogen-bond donors (Lipinski definition) is 1. The number of amides is 2. The van der Waals surface area contributed by atoms with Gasteiger partial charge in [0, 0.05) is 36.7 Å². The first-order valence-corrected chi connectivity index (χ1v) is 8.11. The number of likely N-dealkylation sites (tertiary alicyclic amines) is 1. The number of piperidine rings is 1. The monoisotopic (exact) mass is 358 g/mol. The number of carbonyl (C=O) groups is 2. The van der Waals surface area contributed by atoms with Crippen LogP contribution in [-0.2, 0) is 9.59 Å². The smallest absolute Gasteiger partial charge is 0.406 e. The molecule has 1 fully saturated rings. The number of alkyl halides is 3. The van der Waals surface area contributed by atoms with E-state index in [2.05, 4.69) is 10.1 Å². The summed E-state index contributed by atoms with van der Waals surface area (Å²) in [7, 11) is 0. The van der Waals surface area contributed by atoms with Crippen molar-refractivity contribution >= 4 is 17.5 Å². The highest BCUT2D eigenvalue weighted by atomic mass is 19.4. The predicted octanol–water partition coefficient (Wildman–Crippen LogP) is 3.42. The Labute approximate surface area is 144 Å². The predicted molar refractivity (Wildman–Crippen MR) is 85.9 cm³/mol. The van der Waals surface area contributed by atoms with Gasteiger partial charge in [-0.15, -0.1) is 13.2 Å². The number of ether oxygens (including phenoxy) is 1. The van der Waals surface area contributed by atoms with Crippen molar-refractivity contribution in [1.82, 2.24) is 4.90 Å². The molecule has 0 saturated carbocycles. The second kappa shape index (κ2) is 7.76. The van der Waals surface area contributed by atoms with Gasteiger partial charge in [-0.05, 0) is 25.0 Å². The molecule has 1 aromatic rings. The van der Waals surface area contributed by atoms with Crippen LogP contribution in [0.2, 0.25) is 0 Å². The van der Waals surface area contributed by atoms with Gasteiger partial charge in [0.15, 0.2) is 0 Å². The lowest BCUT2D eigenvalue weighted by Gasteiger charge is -2.32. The van der Waals surface area contributed by atoms with Gasteiger partial charge in [0.05, 0.1) is 0 Å². The van der Waals surface area contributed by atoms with Gasteiger partial charge in [-0.1, -0.05) is 19.9 Å². The minimum atomic E-state index is -4.78. The standard InChI is InChI=1S/C17H21F3N2O3/c1-11(2)16(24)22-8-6-12(7-9-22)15(23)21-13-4-3-5-14(10-13)25-17(18,19)20/h3-5,10-12H,6-9H2,1-2H3,(H,21,23). The summed E-state index contributed by atoms with van der Waals surface area (Å²) < 4.78 is 40.6. The van der Waals surface area contributed by atoms with Gasteiger partial charge < -0.3 is 15.0 Å². The highest BCUT2D eigenvalue weighted by Crippen LogP contribution is 2.26. The summed E-state index contributed by atoms with van der Waals surface area (Å²) in [4.78, 5) is 26.0. The van der Waals surface area contributed by atoms with Crippen molar-refractivity contribution in [3.8, 4) is 5.75 Å². The lowest BCUT2D eigenvalue weighted by molar-refractivity contribution is -0.274. The van der Waals surface area contributed by atoms with Crippen LogP contribution in [-0.4, -0.2) is 36.2 Å². The minimum Gasteiger partial charge on any atom is -0.406 e. The zero-order valence-corrected chi connectivity index (χ0v) is 14.1. The van der Waals surface area contributed by atoms with Crippen molar-refractivity contribution in [1.29, 1.82) is 0 Å². The number of nitrogens with zero attached hydrogens (tertiary/aromatic N) is 1. The van der Waals surface area contributed by atoms with Crippen LogP contribution >= 0.6 is 0 Å². The Morgan fingerprint density at radius 2 is 1.88 bits per heavy atom. The summed E-state index contributed by atoms with van der Waals surface area (Å²) in [5.74, 6) is -0.940. The Bertz CT molecular complexity index is 624. The SMILES string of the molecule is CC(C)C(=O)N1CCC(C(=O)Nc2cccc(OC(F)(F)F)c2)CC1. The number of anilines is 1. The fraction of sp³-hybridized carbons (Fsp3) is 0.529. The molecule has 1 N–H and O–H groups in total. The molecule has 0 aliphatic carbocycles. The fourth-order valence-corrected chi connectivity index (χ4v) is 2.74. The Morgan fingerprint density at radius 1 is 1.24 bits per heavy atom. The Hall–Kier alpha value is -2.25. The summed E-state index contributed by atoms with van der Waals surface area (Å²) in [6.45, 7) is 4.67. The van der Waals surface area contributed by atoms with Crippen molar-refractivity contribution in [3.63, 3.8) is 0 Å². The molecule has 0 unspecified atom stereocenters. The Kier molecular flexibility index (Phi) is 5.92. The highest BCUT2D eigenvalue weighted by Gasteiger charge is 2.31. The lowest BCUT2D eigenvalue weighted by Crippen LogP contribution is -2.43. The molecule has 0 atom stereocenters. The number of rotatable bonds is 4. The van der Waals surface area contributed by atoms with E-state index in [9.17, 15) is 22.8 Å². The lowest BCUT2D eigenvalue weighted by atomic mass is 9.95. The number of carbonyl (C=O) groups excluding carboxylic acids is 2. The van der Waals surface area contributed by atoms with Crippen LogP contribution in [0.15, 0.2) is 24.3 Å². The largest absolute Gasteiger partial charge is 0.573 e. The van der Waals surface area contributed by atoms with Crippen LogP contribution in [0.4, 0.5) is 18.9 Å². The van der Waals surface area contributed by atoms with E-state index in [0.29, 0.717) is 25.9 Å². The van der Waals surface area contributed by atoms with Crippen LogP contribution in [0, 0.1) is 11.8 Å². The third kappa shape index (κ3) is 5.65. The average Bonchev–Trinajstić information content (AvgIpc) is 2.53. The molecule has 1 aliphatic heterocycles. The molecule has 1 heterocycles. The first-order chi connectivity index (χ1) is 11.7. The molecule has 5 nitrogen and oxygen atoms in total. The van der Waals surface area contributed by atoms with Gasteiger partial charge in [0.25, 0.3) is 0 Å². The molecular weight excluding hydrogens is 337 g/mol. The van der Waals surface area contributed by atoms with Crippen molar-refractivity contribution in [2.45, 2.75) is 33.1 Å². The van der Waals surface area contributed by atoms with E-state index in [0.717, 1.165) is 6.07 Å². The van der Waals surface area contributed by atoms with E-state index < -0.39 is 6.36 Å². The zero-order chi connectivity index (χ0) is 18.6. The van der Waals surface area contributed by atoms with E-state index in [1.54, 1.807) is 4.90 Å². The Morgan fingerprint density at radius 3 is 2.44 bits per heavy atom. The van der Waals surface area contributed by atoms with Gasteiger partial charge in [-0.2, -0.15) is 0 Å². The van der Waals surface area contributed by atoms with Crippen LogP contribution < -0.4 is 10.1 Å². The summed E-state index contributed by atoms with van der Waals surface area (Å²) in [5.41, 5.74) is 0.243. The second-order valence-corrected chi connectivity index (χ2v) is 6.32. The minimum absolute atomic E-state index is 0.0656. The highest BCUT2D eigenvalue weighted by molar-refractivity contribution is 5.93. The van der Waals surface area contributed by atoms with E-state index in [1.165, 1.54) is 18.2 Å². The van der Waals surface area contributed by atoms with Gasteiger partial charge in [-0.25, -0.2) is 0 Å². The first-order valence-electron chi connectivity index (χ1n) is 8.11. The van der Waals surface area contributed by atoms with Gasteiger partial charge in [0.2, 0.25) is 11.8 Å². The number of benzene rings is 1. The number of halogens is 3. The molecule has 1 aliphatic rings. The summed E-state index contributed by atoms with van der Waals surface area (Å²) >= 11 is 0. The van der Waals surface area contributed by atoms with E-state index in [1.807, 2.05) is 13.8 Å². The maximum Gasteiger partial charge on any atom is 0.573 e. The third-order valence-electron chi connectivity index (χ3n) is 4.01. The van der Waals surface area contributed by atoms with E-state index >= 15 is 0 Å². The van der Waals surface area contributed by atoms with Gasteiger partial charge in [0.1, 0.15) is 5.75 Å². The zero-order valence-electron chi connectivity index (χ0n) is 14.1. The van der Waals surface area contributed by atoms with Crippen molar-refractivity contribution in [3.05, 3.63) is 24.3 Å². The van der Waals surface area contributed by atoms with Crippen molar-refractivity contribution in [2.24, 2.45) is 11.8 Å². The van der Waals surface area contributed by atoms with Crippen LogP contribution in [0.5, 0.6) is 5.75 Å². The fourth-order valence-electron chi connectivity index (χ4n) is 2.74. The molecular formula is C17H21F3N2O3. The molecule has 2 rings (SSSR count). The van der Waals surface area contributed by atoms with E-state index in [-0.39, 0.29) is 35.1 Å². The summed E-state index contributed by atoms with van der Waals surface area (Å²) in [6, 6.07) is 5.17. The van der Waals surface area contributed by atoms with Crippen LogP contribution in [0.1, 0.15) is 26.7 Å². The third-order valence-corrected chi connectivity index (χ3v) is 4.01. The van der Waals surface area contributed by atoms with Crippen LogP contribution in [0.25, 0.3) is 0 Å². The normalized spacial score (nSPS) is 16.0. The molecule has 0 bridgehead atoms. The molecule has 0 radical (unpaired) electrons. The molecule has 25 heavy (non-hydrogen) atoms. The summed E-state index contributed by atoms with van der Waals surface area (Å²) in [5, 5.41) is 2.61. The molecule has 1 saturated heterocycles. The molecule has 8 heteroatoms. The van der Waals surface area contributed by atoms with Crippen molar-refractivity contribution in [2.75, 3.05) is 18.4 Å². The van der Waals surface area contributed by atoms with Gasteiger partial charge >= 0.3 is 6.36 Å². The maximum absolute atomic E-state index is 12.3. The van der Waals surface area contributed by atoms with E-state index in [4.69, 9.17) is 0 Å². The maximum atomic E-state index is 12.3. The molecule has 0 spiro atoms. The number of hydrogen-bond acceptors (Lipinski definition) is 3. The topological polar surface area (TPSA) is 58.6 Å². The average molecular weight is 358 g/mol.